The van der Waals surface area contributed by atoms with Crippen LogP contribution in [-0.2, 0) is 0 Å². The summed E-state index contributed by atoms with van der Waals surface area (Å²) in [5.74, 6) is 1.86. The van der Waals surface area contributed by atoms with Crippen molar-refractivity contribution in [3.8, 4) is 28.4 Å². The van der Waals surface area contributed by atoms with E-state index in [9.17, 15) is 9.90 Å². The highest BCUT2D eigenvalue weighted by atomic mass is 32.1. The highest BCUT2D eigenvalue weighted by Gasteiger charge is 2.34. The summed E-state index contributed by atoms with van der Waals surface area (Å²) in [7, 11) is 1.55. The van der Waals surface area contributed by atoms with Crippen molar-refractivity contribution >= 4 is 40.3 Å². The highest BCUT2D eigenvalue weighted by molar-refractivity contribution is 7.14. The van der Waals surface area contributed by atoms with Crippen LogP contribution in [0, 0.1) is 0 Å². The number of nitrogens with one attached hydrogen (secondary N) is 1. The number of fused-ring (bicyclic) bond motifs is 5. The molecule has 38 heavy (non-hydrogen) atoms. The zero-order chi connectivity index (χ0) is 26.8. The molecular formula is C31H32N2O4S. The quantitative estimate of drug-likeness (QED) is 0.375. The lowest BCUT2D eigenvalue weighted by Gasteiger charge is -2.35. The van der Waals surface area contributed by atoms with Crippen LogP contribution in [0.1, 0.15) is 66.2 Å². The van der Waals surface area contributed by atoms with E-state index in [-0.39, 0.29) is 23.2 Å². The number of carbonyl (C=O) groups excluding carboxylic acids is 1. The van der Waals surface area contributed by atoms with Crippen molar-refractivity contribution < 1.29 is 19.4 Å². The number of phenolic OH excluding ortho intramolecular Hbond substituents is 1. The monoisotopic (exact) mass is 528 g/mol. The van der Waals surface area contributed by atoms with Crippen LogP contribution in [-0.4, -0.2) is 41.1 Å². The zero-order valence-electron chi connectivity index (χ0n) is 22.3. The molecule has 1 fully saturated rings. The van der Waals surface area contributed by atoms with E-state index in [4.69, 9.17) is 9.47 Å². The van der Waals surface area contributed by atoms with Crippen molar-refractivity contribution in [3.05, 3.63) is 63.4 Å². The number of likely N-dealkylation sites (tertiary alicyclic amines) is 1. The number of hydrogen-bond donors (Lipinski definition) is 2. The van der Waals surface area contributed by atoms with Crippen molar-refractivity contribution in [2.75, 3.05) is 19.0 Å². The first-order valence-corrected chi connectivity index (χ1v) is 13.8. The summed E-state index contributed by atoms with van der Waals surface area (Å²) in [6.45, 7) is 9.35. The van der Waals surface area contributed by atoms with Crippen LogP contribution in [0.3, 0.4) is 0 Å². The molecule has 3 aromatic rings. The lowest BCUT2D eigenvalue weighted by Crippen LogP contribution is -2.32. The number of allylic oxidation sites excluding steroid dienone is 1. The van der Waals surface area contributed by atoms with Crippen LogP contribution in [0.4, 0.5) is 5.69 Å². The van der Waals surface area contributed by atoms with E-state index in [1.165, 1.54) is 11.3 Å². The van der Waals surface area contributed by atoms with Crippen LogP contribution >= 0.6 is 11.3 Å². The first kappa shape index (κ1) is 24.6. The number of aromatic hydroxyl groups is 1. The van der Waals surface area contributed by atoms with Crippen molar-refractivity contribution in [2.45, 2.75) is 52.1 Å². The molecule has 1 aromatic heterocycles. The number of amides is 1. The maximum atomic E-state index is 13.2. The molecule has 1 amide bonds. The molecule has 2 N–H and O–H groups in total. The van der Waals surface area contributed by atoms with Gasteiger partial charge in [0.1, 0.15) is 11.5 Å². The number of phenols is 1. The molecule has 0 spiro atoms. The number of carbonyl (C=O) groups is 1. The Balaban J connectivity index is 1.51. The van der Waals surface area contributed by atoms with E-state index in [1.807, 2.05) is 23.1 Å². The van der Waals surface area contributed by atoms with Crippen LogP contribution in [0.15, 0.2) is 42.5 Å². The van der Waals surface area contributed by atoms with Gasteiger partial charge in [0, 0.05) is 39.8 Å². The van der Waals surface area contributed by atoms with Crippen LogP contribution in [0.2, 0.25) is 0 Å². The minimum atomic E-state index is -0.186. The first-order valence-electron chi connectivity index (χ1n) is 13.0. The molecule has 0 bridgehead atoms. The molecule has 3 aliphatic rings. The second-order valence-corrected chi connectivity index (χ2v) is 12.0. The molecule has 7 heteroatoms. The molecule has 6 nitrogen and oxygen atoms in total. The van der Waals surface area contributed by atoms with Crippen molar-refractivity contribution in [1.29, 1.82) is 0 Å². The van der Waals surface area contributed by atoms with Crippen LogP contribution < -0.4 is 14.8 Å². The molecular weight excluding hydrogens is 496 g/mol. The Kier molecular flexibility index (Phi) is 5.80. The van der Waals surface area contributed by atoms with E-state index in [0.717, 1.165) is 62.7 Å². The maximum absolute atomic E-state index is 13.2. The molecule has 6 rings (SSSR count). The fourth-order valence-electron chi connectivity index (χ4n) is 6.00. The second-order valence-electron chi connectivity index (χ2n) is 10.9. The second kappa shape index (κ2) is 8.95. The summed E-state index contributed by atoms with van der Waals surface area (Å²) < 4.78 is 12.2. The predicted molar refractivity (Wildman–Crippen MR) is 154 cm³/mol. The SMILES string of the molecule is COc1c(O)ccc2c1-c1ccc3c(c1/C(=C/c1ccc(C(=O)N4CCCC4C)s1)O2)C(C)=CC(C)(C)N3. The summed E-state index contributed by atoms with van der Waals surface area (Å²) in [5.41, 5.74) is 5.63. The van der Waals surface area contributed by atoms with Gasteiger partial charge in [-0.25, -0.2) is 0 Å². The van der Waals surface area contributed by atoms with Crippen LogP contribution in [0.25, 0.3) is 28.5 Å². The Morgan fingerprint density at radius 3 is 2.74 bits per heavy atom. The summed E-state index contributed by atoms with van der Waals surface area (Å²) in [4.78, 5) is 16.8. The Labute approximate surface area is 227 Å². The zero-order valence-corrected chi connectivity index (χ0v) is 23.2. The fraction of sp³-hybridized carbons (Fsp3) is 0.323. The standard InChI is InChI=1S/C31H32N2O4S/c1-17-16-31(3,4)32-21-10-9-20-27(26(17)21)24(37-23-12-11-22(34)29(36-5)28(20)23)15-19-8-13-25(38-19)30(35)33-14-6-7-18(33)2/h8-13,15-16,18,32,34H,6-7,14H2,1-5H3/b24-15-. The third-order valence-electron chi connectivity index (χ3n) is 7.60. The molecule has 4 heterocycles. The smallest absolute Gasteiger partial charge is 0.264 e. The molecule has 0 saturated carbocycles. The summed E-state index contributed by atoms with van der Waals surface area (Å²) in [6, 6.07) is 11.7. The molecule has 1 atom stereocenters. The third-order valence-corrected chi connectivity index (χ3v) is 8.62. The summed E-state index contributed by atoms with van der Waals surface area (Å²) >= 11 is 1.49. The number of anilines is 1. The van der Waals surface area contributed by atoms with Gasteiger partial charge in [-0.2, -0.15) is 0 Å². The average molecular weight is 529 g/mol. The van der Waals surface area contributed by atoms with E-state index in [2.05, 4.69) is 51.2 Å². The number of hydrogen-bond acceptors (Lipinski definition) is 6. The molecule has 196 valence electrons. The normalized spacial score (nSPS) is 20.1. The van der Waals surface area contributed by atoms with E-state index < -0.39 is 0 Å². The number of nitrogens with zero attached hydrogens (tertiary/aromatic N) is 1. The molecule has 0 radical (unpaired) electrons. The first-order chi connectivity index (χ1) is 18.2. The van der Waals surface area contributed by atoms with Crippen LogP contribution in [0.5, 0.6) is 17.2 Å². The minimum absolute atomic E-state index is 0.0648. The van der Waals surface area contributed by atoms with Gasteiger partial charge in [-0.1, -0.05) is 12.1 Å². The third kappa shape index (κ3) is 3.97. The number of benzene rings is 2. The lowest BCUT2D eigenvalue weighted by atomic mass is 9.83. The van der Waals surface area contributed by atoms with Gasteiger partial charge < -0.3 is 24.8 Å². The Morgan fingerprint density at radius 1 is 1.18 bits per heavy atom. The minimum Gasteiger partial charge on any atom is -0.504 e. The Morgan fingerprint density at radius 2 is 2.00 bits per heavy atom. The van der Waals surface area contributed by atoms with Gasteiger partial charge >= 0.3 is 0 Å². The highest BCUT2D eigenvalue weighted by Crippen LogP contribution is 2.54. The van der Waals surface area contributed by atoms with Gasteiger partial charge in [0.25, 0.3) is 5.91 Å². The molecule has 1 saturated heterocycles. The van der Waals surface area contributed by atoms with Crippen molar-refractivity contribution in [2.24, 2.45) is 0 Å². The van der Waals surface area contributed by atoms with Gasteiger partial charge in [-0.05, 0) is 82.5 Å². The van der Waals surface area contributed by atoms with Gasteiger partial charge in [-0.3, -0.25) is 4.79 Å². The van der Waals surface area contributed by atoms with E-state index in [0.29, 0.717) is 17.3 Å². The summed E-state index contributed by atoms with van der Waals surface area (Å²) in [6.07, 6.45) is 6.35. The van der Waals surface area contributed by atoms with Crippen molar-refractivity contribution in [3.63, 3.8) is 0 Å². The van der Waals surface area contributed by atoms with E-state index in [1.54, 1.807) is 19.2 Å². The number of rotatable bonds is 3. The van der Waals surface area contributed by atoms with Gasteiger partial charge in [-0.15, -0.1) is 11.3 Å². The number of methoxy groups -OCH3 is 1. The topological polar surface area (TPSA) is 71.0 Å². The largest absolute Gasteiger partial charge is 0.504 e. The molecule has 1 unspecified atom stereocenters. The summed E-state index contributed by atoms with van der Waals surface area (Å²) in [5, 5.41) is 14.2. The molecule has 0 aliphatic carbocycles. The predicted octanol–water partition coefficient (Wildman–Crippen LogP) is 7.25. The Bertz CT molecular complexity index is 1530. The van der Waals surface area contributed by atoms with Gasteiger partial charge in [0.05, 0.1) is 23.1 Å². The Hall–Kier alpha value is -3.71. The fourth-order valence-corrected chi connectivity index (χ4v) is 6.90. The number of ether oxygens (including phenoxy) is 2. The molecule has 3 aliphatic heterocycles. The molecule has 2 aromatic carbocycles. The van der Waals surface area contributed by atoms with Crippen molar-refractivity contribution in [1.82, 2.24) is 4.90 Å². The average Bonchev–Trinajstić information content (AvgIpc) is 3.51. The van der Waals surface area contributed by atoms with Gasteiger partial charge in [0.15, 0.2) is 11.5 Å². The lowest BCUT2D eigenvalue weighted by molar-refractivity contribution is 0.0752. The maximum Gasteiger partial charge on any atom is 0.264 e. The van der Waals surface area contributed by atoms with E-state index >= 15 is 0 Å². The van der Waals surface area contributed by atoms with Gasteiger partial charge in [0.2, 0.25) is 0 Å². The number of thiophene rings is 1.